The summed E-state index contributed by atoms with van der Waals surface area (Å²) in [5.74, 6) is 0.203. The zero-order valence-electron chi connectivity index (χ0n) is 33.0. The van der Waals surface area contributed by atoms with E-state index in [2.05, 4.69) is 76.4 Å². The molecule has 6 aromatic carbocycles. The lowest BCUT2D eigenvalue weighted by atomic mass is 10.0. The van der Waals surface area contributed by atoms with Gasteiger partial charge in [0.2, 0.25) is 0 Å². The van der Waals surface area contributed by atoms with Crippen LogP contribution in [0.4, 0.5) is 0 Å². The number of fused-ring (bicyclic) bond motifs is 2. The zero-order chi connectivity index (χ0) is 42.9. The maximum absolute atomic E-state index is 12.6. The molecule has 0 saturated carbocycles. The Balaban J connectivity index is 0.000000168. The van der Waals surface area contributed by atoms with Gasteiger partial charge >= 0.3 is 5.97 Å². The van der Waals surface area contributed by atoms with E-state index in [-0.39, 0.29) is 17.4 Å². The summed E-state index contributed by atoms with van der Waals surface area (Å²) in [5.41, 5.74) is 15.5. The Kier molecular flexibility index (Phi) is 14.7. The Morgan fingerprint density at radius 1 is 0.683 bits per heavy atom. The summed E-state index contributed by atoms with van der Waals surface area (Å²) in [6.45, 7) is 7.64. The van der Waals surface area contributed by atoms with Crippen molar-refractivity contribution in [1.82, 2.24) is 25.3 Å². The van der Waals surface area contributed by atoms with Crippen molar-refractivity contribution in [2.45, 2.75) is 33.1 Å². The number of rotatable bonds is 9. The van der Waals surface area contributed by atoms with E-state index in [1.807, 2.05) is 24.3 Å². The lowest BCUT2D eigenvalue weighted by Gasteiger charge is -2.13. The summed E-state index contributed by atoms with van der Waals surface area (Å²) >= 11 is 24.8. The molecule has 1 amide bonds. The highest BCUT2D eigenvalue weighted by atomic mass is 35.5. The molecule has 13 heteroatoms. The van der Waals surface area contributed by atoms with Crippen molar-refractivity contribution in [3.05, 3.63) is 175 Å². The number of nitrogens with zero attached hydrogens (tertiary/aromatic N) is 2. The molecule has 9 nitrogen and oxygen atoms in total. The Morgan fingerprint density at radius 3 is 1.70 bits per heavy atom. The fraction of sp³-hybridized carbons (Fsp3) is 0.149. The van der Waals surface area contributed by atoms with Crippen molar-refractivity contribution in [2.24, 2.45) is 5.73 Å². The van der Waals surface area contributed by atoms with E-state index in [9.17, 15) is 9.59 Å². The number of nitrogens with one attached hydrogen (secondary N) is 3. The molecule has 60 heavy (non-hydrogen) atoms. The van der Waals surface area contributed by atoms with Gasteiger partial charge in [-0.15, -0.1) is 0 Å². The third-order valence-electron chi connectivity index (χ3n) is 9.72. The van der Waals surface area contributed by atoms with E-state index in [1.54, 1.807) is 54.6 Å². The highest BCUT2D eigenvalue weighted by Gasteiger charge is 2.16. The largest absolute Gasteiger partial charge is 0.478 e. The van der Waals surface area contributed by atoms with Crippen molar-refractivity contribution in [1.29, 1.82) is 0 Å². The van der Waals surface area contributed by atoms with Gasteiger partial charge in [0.1, 0.15) is 11.6 Å². The Bertz CT molecular complexity index is 2750. The van der Waals surface area contributed by atoms with E-state index in [0.717, 1.165) is 24.0 Å². The highest BCUT2D eigenvalue weighted by molar-refractivity contribution is 6.39. The number of imidazole rings is 2. The summed E-state index contributed by atoms with van der Waals surface area (Å²) in [4.78, 5) is 38.8. The number of H-pyrrole nitrogens is 2. The number of nitrogens with two attached hydrogens (primary N) is 1. The number of benzene rings is 6. The molecule has 6 N–H and O–H groups in total. The maximum Gasteiger partial charge on any atom is 0.335 e. The predicted octanol–water partition coefficient (Wildman–Crippen LogP) is 12.1. The van der Waals surface area contributed by atoms with Gasteiger partial charge in [-0.1, -0.05) is 120 Å². The first-order valence-electron chi connectivity index (χ1n) is 19.0. The van der Waals surface area contributed by atoms with Gasteiger partial charge in [-0.3, -0.25) is 4.79 Å². The number of aromatic amines is 2. The van der Waals surface area contributed by atoms with Crippen LogP contribution < -0.4 is 11.1 Å². The standard InChI is InChI=1S/C23H19Cl2N3O.C14H8Cl2N2O2.C10H15N/c1-14(15-6-3-2-4-7-15)13-26-23(29)16-10-11-19-20(12-16)28-22(27-19)21-17(24)8-5-9-18(21)25;15-8-2-1-3-9(16)12(8)13-17-10-5-4-7(14(19)20)6-11(10)18-13;1-8-3-4-10(5-6-11)9(2)7-8/h2-12,14H,13H2,1H3,(H,26,29)(H,27,28);1-6H,(H,17,18)(H,19,20);3-4,7H,5-6,11H2,1-2H3/t14-;;/m0../s1. The first-order chi connectivity index (χ1) is 28.8. The van der Waals surface area contributed by atoms with E-state index in [0.29, 0.717) is 66.0 Å². The van der Waals surface area contributed by atoms with Crippen LogP contribution in [0.15, 0.2) is 121 Å². The molecule has 8 rings (SSSR count). The minimum Gasteiger partial charge on any atom is -0.478 e. The first-order valence-corrected chi connectivity index (χ1v) is 20.5. The van der Waals surface area contributed by atoms with Gasteiger partial charge in [0, 0.05) is 12.1 Å². The highest BCUT2D eigenvalue weighted by Crippen LogP contribution is 2.35. The molecule has 2 aromatic heterocycles. The molecule has 0 radical (unpaired) electrons. The van der Waals surface area contributed by atoms with Gasteiger partial charge in [0.25, 0.3) is 5.91 Å². The summed E-state index contributed by atoms with van der Waals surface area (Å²) in [5, 5.41) is 14.0. The molecule has 2 heterocycles. The number of hydrogen-bond acceptors (Lipinski definition) is 5. The van der Waals surface area contributed by atoms with Crippen LogP contribution in [0.1, 0.15) is 55.8 Å². The van der Waals surface area contributed by atoms with E-state index < -0.39 is 5.97 Å². The second-order valence-corrected chi connectivity index (χ2v) is 15.8. The van der Waals surface area contributed by atoms with Crippen LogP contribution in [0.2, 0.25) is 20.1 Å². The summed E-state index contributed by atoms with van der Waals surface area (Å²) < 4.78 is 0. The Morgan fingerprint density at radius 2 is 1.20 bits per heavy atom. The minimum atomic E-state index is -0.987. The number of carboxylic acids is 1. The number of hydrogen-bond donors (Lipinski definition) is 5. The van der Waals surface area contributed by atoms with Crippen LogP contribution in [-0.4, -0.2) is 50.0 Å². The third-order valence-corrected chi connectivity index (χ3v) is 11.0. The SMILES string of the molecule is C[C@@H](CNC(=O)c1ccc2nc(-c3c(Cl)cccc3Cl)[nH]c2c1)c1ccccc1.Cc1ccc(CCN)c(C)c1.O=C(O)c1ccc2nc(-c3c(Cl)cccc3Cl)[nH]c2c1. The average Bonchev–Trinajstić information content (AvgIpc) is 3.85. The van der Waals surface area contributed by atoms with Crippen LogP contribution in [0.5, 0.6) is 0 Å². The smallest absolute Gasteiger partial charge is 0.335 e. The number of aromatic nitrogens is 4. The lowest BCUT2D eigenvalue weighted by Crippen LogP contribution is -2.27. The van der Waals surface area contributed by atoms with Crippen LogP contribution in [-0.2, 0) is 6.42 Å². The second-order valence-electron chi connectivity index (χ2n) is 14.1. The van der Waals surface area contributed by atoms with Gasteiger partial charge in [-0.25, -0.2) is 14.8 Å². The number of halogens is 4. The van der Waals surface area contributed by atoms with Crippen LogP contribution in [0.25, 0.3) is 44.8 Å². The molecule has 0 aliphatic rings. The molecule has 0 unspecified atom stereocenters. The number of carboxylic acid groups (broad SMARTS) is 1. The fourth-order valence-electron chi connectivity index (χ4n) is 6.51. The molecule has 0 aliphatic carbocycles. The van der Waals surface area contributed by atoms with Crippen LogP contribution in [0.3, 0.4) is 0 Å². The van der Waals surface area contributed by atoms with Crippen LogP contribution >= 0.6 is 46.4 Å². The van der Waals surface area contributed by atoms with Gasteiger partial charge in [-0.2, -0.15) is 0 Å². The van der Waals surface area contributed by atoms with E-state index >= 15 is 0 Å². The zero-order valence-corrected chi connectivity index (χ0v) is 36.0. The predicted molar refractivity (Wildman–Crippen MR) is 246 cm³/mol. The monoisotopic (exact) mass is 878 g/mol. The number of aryl methyl sites for hydroxylation is 2. The molecule has 8 aromatic rings. The van der Waals surface area contributed by atoms with E-state index in [4.69, 9.17) is 57.2 Å². The molecule has 306 valence electrons. The van der Waals surface area contributed by atoms with Crippen molar-refractivity contribution < 1.29 is 14.7 Å². The number of carbonyl (C=O) groups is 2. The molecule has 0 aliphatic heterocycles. The molecular weight excluding hydrogens is 838 g/mol. The molecule has 0 bridgehead atoms. The number of carbonyl (C=O) groups excluding carboxylic acids is 1. The number of amides is 1. The molecular formula is C47H42Cl4N6O3. The molecule has 0 spiro atoms. The number of aromatic carboxylic acids is 1. The first kappa shape index (κ1) is 43.9. The molecule has 0 saturated heterocycles. The lowest BCUT2D eigenvalue weighted by molar-refractivity contribution is 0.0696. The van der Waals surface area contributed by atoms with Crippen molar-refractivity contribution >= 4 is 80.3 Å². The van der Waals surface area contributed by atoms with Gasteiger partial charge < -0.3 is 26.1 Å². The van der Waals surface area contributed by atoms with Gasteiger partial charge in [-0.05, 0) is 110 Å². The minimum absolute atomic E-state index is 0.124. The molecule has 0 fully saturated rings. The third kappa shape index (κ3) is 10.7. The van der Waals surface area contributed by atoms with Gasteiger partial charge in [0.05, 0.1) is 58.8 Å². The Labute approximate surface area is 367 Å². The summed E-state index contributed by atoms with van der Waals surface area (Å²) in [6.07, 6.45) is 0.992. The second kappa shape index (κ2) is 20.1. The van der Waals surface area contributed by atoms with E-state index in [1.165, 1.54) is 34.4 Å². The Hall–Kier alpha value is -5.68. The van der Waals surface area contributed by atoms with Crippen molar-refractivity contribution in [3.63, 3.8) is 0 Å². The average molecular weight is 881 g/mol. The van der Waals surface area contributed by atoms with Crippen molar-refractivity contribution in [2.75, 3.05) is 13.1 Å². The van der Waals surface area contributed by atoms with Crippen molar-refractivity contribution in [3.8, 4) is 22.8 Å². The maximum atomic E-state index is 12.6. The normalized spacial score (nSPS) is 11.3. The quantitative estimate of drug-likeness (QED) is 0.0974. The molecule has 1 atom stereocenters. The topological polar surface area (TPSA) is 150 Å². The fourth-order valence-corrected chi connectivity index (χ4v) is 7.66. The van der Waals surface area contributed by atoms with Crippen LogP contribution in [0, 0.1) is 13.8 Å². The summed E-state index contributed by atoms with van der Waals surface area (Å²) in [6, 6.07) is 37.2. The van der Waals surface area contributed by atoms with Gasteiger partial charge in [0.15, 0.2) is 0 Å². The summed E-state index contributed by atoms with van der Waals surface area (Å²) in [7, 11) is 0.